The summed E-state index contributed by atoms with van der Waals surface area (Å²) in [4.78, 5) is 25.8. The van der Waals surface area contributed by atoms with Crippen molar-refractivity contribution in [3.05, 3.63) is 54.1 Å². The fourth-order valence-corrected chi connectivity index (χ4v) is 2.64. The van der Waals surface area contributed by atoms with Crippen molar-refractivity contribution in [2.75, 3.05) is 38.2 Å². The van der Waals surface area contributed by atoms with Crippen LogP contribution in [0.1, 0.15) is 31.1 Å². The Morgan fingerprint density at radius 1 is 0.964 bits per heavy atom. The van der Waals surface area contributed by atoms with Crippen molar-refractivity contribution in [3.63, 3.8) is 0 Å². The lowest BCUT2D eigenvalue weighted by Crippen LogP contribution is -2.28. The molecule has 0 aliphatic rings. The lowest BCUT2D eigenvalue weighted by Gasteiger charge is -2.19. The van der Waals surface area contributed by atoms with Gasteiger partial charge in [0.05, 0.1) is 5.69 Å². The molecule has 6 heteroatoms. The zero-order valence-corrected chi connectivity index (χ0v) is 16.7. The van der Waals surface area contributed by atoms with Crippen LogP contribution < -0.4 is 14.8 Å². The van der Waals surface area contributed by atoms with E-state index in [2.05, 4.69) is 24.1 Å². The first-order valence-corrected chi connectivity index (χ1v) is 9.51. The quantitative estimate of drug-likeness (QED) is 0.599. The second kappa shape index (κ2) is 11.1. The first kappa shape index (κ1) is 21.4. The van der Waals surface area contributed by atoms with E-state index in [1.54, 1.807) is 30.3 Å². The van der Waals surface area contributed by atoms with Crippen LogP contribution in [0.15, 0.2) is 48.5 Å². The zero-order chi connectivity index (χ0) is 20.4. The maximum Gasteiger partial charge on any atom is 0.262 e. The second-order valence-electron chi connectivity index (χ2n) is 6.29. The molecular weight excluding hydrogens is 356 g/mol. The van der Waals surface area contributed by atoms with E-state index in [1.165, 1.54) is 6.92 Å². The van der Waals surface area contributed by atoms with Gasteiger partial charge in [0.2, 0.25) is 0 Å². The molecule has 1 amide bonds. The highest BCUT2D eigenvalue weighted by atomic mass is 16.5. The molecule has 0 radical (unpaired) electrons. The Hall–Kier alpha value is -2.86. The fourth-order valence-electron chi connectivity index (χ4n) is 2.64. The van der Waals surface area contributed by atoms with E-state index in [1.807, 2.05) is 18.2 Å². The van der Waals surface area contributed by atoms with Gasteiger partial charge in [-0.3, -0.25) is 9.59 Å². The number of nitrogens with zero attached hydrogens (tertiary/aromatic N) is 1. The van der Waals surface area contributed by atoms with Gasteiger partial charge in [-0.25, -0.2) is 0 Å². The number of rotatable bonds is 11. The van der Waals surface area contributed by atoms with Crippen LogP contribution in [0.3, 0.4) is 0 Å². The molecule has 0 unspecified atom stereocenters. The van der Waals surface area contributed by atoms with Crippen LogP contribution in [0.2, 0.25) is 0 Å². The number of ketones is 1. The summed E-state index contributed by atoms with van der Waals surface area (Å²) in [7, 11) is 0. The number of para-hydroxylation sites is 2. The third-order valence-corrected chi connectivity index (χ3v) is 4.35. The first-order chi connectivity index (χ1) is 13.5. The smallest absolute Gasteiger partial charge is 0.262 e. The third kappa shape index (κ3) is 6.70. The normalized spacial score (nSPS) is 10.6. The van der Waals surface area contributed by atoms with E-state index in [9.17, 15) is 9.59 Å². The Bertz CT molecular complexity index is 770. The minimum absolute atomic E-state index is 0.0121. The van der Waals surface area contributed by atoms with Gasteiger partial charge in [-0.2, -0.15) is 0 Å². The summed E-state index contributed by atoms with van der Waals surface area (Å²) >= 11 is 0. The number of Topliss-reactive ketones (excluding diaryl/α,β-unsaturated/α-hetero) is 1. The van der Waals surface area contributed by atoms with Gasteiger partial charge in [0.15, 0.2) is 12.4 Å². The Labute approximate surface area is 166 Å². The summed E-state index contributed by atoms with van der Waals surface area (Å²) in [5, 5.41) is 2.82. The molecule has 1 N–H and O–H groups in total. The second-order valence-corrected chi connectivity index (χ2v) is 6.29. The average molecular weight is 384 g/mol. The van der Waals surface area contributed by atoms with E-state index in [-0.39, 0.29) is 18.3 Å². The molecule has 0 aliphatic heterocycles. The largest absolute Gasteiger partial charge is 0.490 e. The van der Waals surface area contributed by atoms with Crippen molar-refractivity contribution >= 4 is 17.4 Å². The number of likely N-dealkylation sites (N-methyl/N-ethyl adjacent to an activating group) is 1. The van der Waals surface area contributed by atoms with Gasteiger partial charge >= 0.3 is 0 Å². The lowest BCUT2D eigenvalue weighted by molar-refractivity contribution is -0.118. The predicted molar refractivity (Wildman–Crippen MR) is 110 cm³/mol. The number of nitrogens with one attached hydrogen (secondary N) is 1. The maximum atomic E-state index is 12.2. The highest BCUT2D eigenvalue weighted by Crippen LogP contribution is 2.23. The minimum Gasteiger partial charge on any atom is -0.490 e. The molecule has 0 saturated carbocycles. The lowest BCUT2D eigenvalue weighted by atomic mass is 10.1. The molecule has 0 spiro atoms. The SMILES string of the molecule is CCN(CC)CCOc1ccccc1NC(=O)COc1ccc(C(C)=O)cc1. The maximum absolute atomic E-state index is 12.2. The number of benzene rings is 2. The van der Waals surface area contributed by atoms with Gasteiger partial charge in [-0.15, -0.1) is 0 Å². The van der Waals surface area contributed by atoms with E-state index in [4.69, 9.17) is 9.47 Å². The van der Waals surface area contributed by atoms with E-state index in [0.717, 1.165) is 19.6 Å². The molecule has 6 nitrogen and oxygen atoms in total. The van der Waals surface area contributed by atoms with Crippen LogP contribution in [0.4, 0.5) is 5.69 Å². The minimum atomic E-state index is -0.282. The Balaban J connectivity index is 1.86. The standard InChI is InChI=1S/C22H28N2O4/c1-4-24(5-2)14-15-27-21-9-7-6-8-20(21)23-22(26)16-28-19-12-10-18(11-13-19)17(3)25/h6-13H,4-5,14-16H2,1-3H3,(H,23,26). The molecule has 150 valence electrons. The number of carbonyl (C=O) groups is 2. The molecule has 0 aromatic heterocycles. The van der Waals surface area contributed by atoms with Crippen LogP contribution in [-0.4, -0.2) is 49.4 Å². The van der Waals surface area contributed by atoms with Crippen molar-refractivity contribution in [1.29, 1.82) is 0 Å². The van der Waals surface area contributed by atoms with Crippen molar-refractivity contribution in [2.24, 2.45) is 0 Å². The topological polar surface area (TPSA) is 67.9 Å². The van der Waals surface area contributed by atoms with E-state index in [0.29, 0.717) is 29.4 Å². The van der Waals surface area contributed by atoms with Gasteiger partial charge in [-0.05, 0) is 56.4 Å². The van der Waals surface area contributed by atoms with Gasteiger partial charge in [0.1, 0.15) is 18.1 Å². The summed E-state index contributed by atoms with van der Waals surface area (Å²) in [6.07, 6.45) is 0. The van der Waals surface area contributed by atoms with Gasteiger partial charge in [-0.1, -0.05) is 26.0 Å². The number of hydrogen-bond acceptors (Lipinski definition) is 5. The predicted octanol–water partition coefficient (Wildman–Crippen LogP) is 3.63. The molecule has 0 heterocycles. The number of hydrogen-bond donors (Lipinski definition) is 1. The van der Waals surface area contributed by atoms with Crippen LogP contribution in [-0.2, 0) is 4.79 Å². The zero-order valence-electron chi connectivity index (χ0n) is 16.7. The summed E-state index contributed by atoms with van der Waals surface area (Å²) < 4.78 is 11.3. The summed E-state index contributed by atoms with van der Waals surface area (Å²) in [5.41, 5.74) is 1.22. The molecule has 0 bridgehead atoms. The fraction of sp³-hybridized carbons (Fsp3) is 0.364. The van der Waals surface area contributed by atoms with Crippen LogP contribution in [0.5, 0.6) is 11.5 Å². The average Bonchev–Trinajstić information content (AvgIpc) is 2.71. The summed E-state index contributed by atoms with van der Waals surface area (Å²) in [5.74, 6) is 0.870. The van der Waals surface area contributed by atoms with E-state index >= 15 is 0 Å². The first-order valence-electron chi connectivity index (χ1n) is 9.51. The molecule has 28 heavy (non-hydrogen) atoms. The van der Waals surface area contributed by atoms with Crippen LogP contribution in [0, 0.1) is 0 Å². The molecular formula is C22H28N2O4. The highest BCUT2D eigenvalue weighted by Gasteiger charge is 2.09. The molecule has 2 rings (SSSR count). The van der Waals surface area contributed by atoms with Crippen molar-refractivity contribution < 1.29 is 19.1 Å². The monoisotopic (exact) mass is 384 g/mol. The van der Waals surface area contributed by atoms with E-state index < -0.39 is 0 Å². The molecule has 2 aromatic carbocycles. The number of carbonyl (C=O) groups excluding carboxylic acids is 2. The van der Waals surface area contributed by atoms with Crippen LogP contribution in [0.25, 0.3) is 0 Å². The number of anilines is 1. The molecule has 0 saturated heterocycles. The van der Waals surface area contributed by atoms with Crippen molar-refractivity contribution in [3.8, 4) is 11.5 Å². The van der Waals surface area contributed by atoms with Crippen LogP contribution >= 0.6 is 0 Å². The van der Waals surface area contributed by atoms with Gasteiger partial charge < -0.3 is 19.7 Å². The van der Waals surface area contributed by atoms with Crippen molar-refractivity contribution in [1.82, 2.24) is 4.90 Å². The number of amides is 1. The Kier molecular flexibility index (Phi) is 8.49. The summed E-state index contributed by atoms with van der Waals surface area (Å²) in [6.45, 7) is 8.93. The number of ether oxygens (including phenoxy) is 2. The third-order valence-electron chi connectivity index (χ3n) is 4.35. The molecule has 0 atom stereocenters. The molecule has 0 aliphatic carbocycles. The Morgan fingerprint density at radius 2 is 1.64 bits per heavy atom. The molecule has 0 fully saturated rings. The summed E-state index contributed by atoms with van der Waals surface area (Å²) in [6, 6.07) is 14.0. The van der Waals surface area contributed by atoms with Gasteiger partial charge in [0.25, 0.3) is 5.91 Å². The molecule has 2 aromatic rings. The van der Waals surface area contributed by atoms with Gasteiger partial charge in [0, 0.05) is 12.1 Å². The highest BCUT2D eigenvalue weighted by molar-refractivity contribution is 5.94. The Morgan fingerprint density at radius 3 is 2.29 bits per heavy atom. The van der Waals surface area contributed by atoms with Crippen molar-refractivity contribution in [2.45, 2.75) is 20.8 Å².